The second-order valence-corrected chi connectivity index (χ2v) is 4.86. The lowest BCUT2D eigenvalue weighted by molar-refractivity contribution is -0.385. The van der Waals surface area contributed by atoms with E-state index in [1.165, 1.54) is 6.07 Å². The SMILES string of the molecule is O=C(O)c1c(Oc2ccc(C(F)(F)F)cc2Cl)cccc1[N+](=O)[O-]. The zero-order valence-electron chi connectivity index (χ0n) is 11.5. The maximum absolute atomic E-state index is 12.6. The van der Waals surface area contributed by atoms with Gasteiger partial charge >= 0.3 is 12.1 Å². The highest BCUT2D eigenvalue weighted by Gasteiger charge is 2.31. The molecule has 0 bridgehead atoms. The van der Waals surface area contributed by atoms with Crippen molar-refractivity contribution in [3.63, 3.8) is 0 Å². The summed E-state index contributed by atoms with van der Waals surface area (Å²) in [6, 6.07) is 5.47. The smallest absolute Gasteiger partial charge is 0.416 e. The van der Waals surface area contributed by atoms with Gasteiger partial charge in [0.15, 0.2) is 5.56 Å². The Labute approximate surface area is 137 Å². The van der Waals surface area contributed by atoms with Gasteiger partial charge in [-0.1, -0.05) is 17.7 Å². The van der Waals surface area contributed by atoms with Crippen LogP contribution >= 0.6 is 11.6 Å². The maximum atomic E-state index is 12.6. The molecule has 0 aliphatic rings. The van der Waals surface area contributed by atoms with Gasteiger partial charge in [-0.15, -0.1) is 0 Å². The lowest BCUT2D eigenvalue weighted by atomic mass is 10.1. The Bertz CT molecular complexity index is 823. The number of nitrogens with zero attached hydrogens (tertiary/aromatic N) is 1. The quantitative estimate of drug-likeness (QED) is 0.626. The van der Waals surface area contributed by atoms with Crippen molar-refractivity contribution in [1.82, 2.24) is 0 Å². The van der Waals surface area contributed by atoms with E-state index in [1.807, 2.05) is 0 Å². The first-order valence-electron chi connectivity index (χ1n) is 6.16. The molecule has 0 aromatic heterocycles. The molecule has 0 aliphatic heterocycles. The van der Waals surface area contributed by atoms with Crippen LogP contribution in [0.4, 0.5) is 18.9 Å². The number of carboxylic acids is 1. The fourth-order valence-electron chi connectivity index (χ4n) is 1.85. The fraction of sp³-hybridized carbons (Fsp3) is 0.0714. The van der Waals surface area contributed by atoms with Crippen molar-refractivity contribution >= 4 is 23.3 Å². The summed E-state index contributed by atoms with van der Waals surface area (Å²) in [4.78, 5) is 21.2. The summed E-state index contributed by atoms with van der Waals surface area (Å²) in [7, 11) is 0. The molecule has 24 heavy (non-hydrogen) atoms. The Morgan fingerprint density at radius 2 is 1.88 bits per heavy atom. The molecule has 126 valence electrons. The average molecular weight is 362 g/mol. The van der Waals surface area contributed by atoms with Crippen molar-refractivity contribution in [3.8, 4) is 11.5 Å². The van der Waals surface area contributed by atoms with Gasteiger partial charge < -0.3 is 9.84 Å². The minimum absolute atomic E-state index is 0.271. The third-order valence-electron chi connectivity index (χ3n) is 2.89. The van der Waals surface area contributed by atoms with Crippen LogP contribution in [0.25, 0.3) is 0 Å². The van der Waals surface area contributed by atoms with Gasteiger partial charge in [0.05, 0.1) is 15.5 Å². The number of carboxylic acid groups (broad SMARTS) is 1. The van der Waals surface area contributed by atoms with Gasteiger partial charge in [0.2, 0.25) is 0 Å². The molecule has 1 N–H and O–H groups in total. The van der Waals surface area contributed by atoms with E-state index in [4.69, 9.17) is 21.4 Å². The Balaban J connectivity index is 2.47. The van der Waals surface area contributed by atoms with E-state index < -0.39 is 44.7 Å². The van der Waals surface area contributed by atoms with Crippen LogP contribution in [-0.2, 0) is 6.18 Å². The predicted molar refractivity (Wildman–Crippen MR) is 76.6 cm³/mol. The van der Waals surface area contributed by atoms with E-state index in [2.05, 4.69) is 0 Å². The van der Waals surface area contributed by atoms with Crippen molar-refractivity contribution in [1.29, 1.82) is 0 Å². The number of ether oxygens (including phenoxy) is 1. The molecule has 0 radical (unpaired) electrons. The van der Waals surface area contributed by atoms with E-state index in [9.17, 15) is 28.1 Å². The summed E-state index contributed by atoms with van der Waals surface area (Å²) in [5, 5.41) is 19.6. The van der Waals surface area contributed by atoms with Gasteiger partial charge in [0.1, 0.15) is 11.5 Å². The standard InChI is InChI=1S/C14H7ClF3NO5/c15-8-6-7(14(16,17)18)4-5-10(8)24-11-3-1-2-9(19(22)23)12(11)13(20)21/h1-6H,(H,20,21). The first-order valence-corrected chi connectivity index (χ1v) is 6.54. The zero-order valence-corrected chi connectivity index (χ0v) is 12.3. The molecule has 0 aliphatic carbocycles. The van der Waals surface area contributed by atoms with Crippen LogP contribution in [0.1, 0.15) is 15.9 Å². The average Bonchev–Trinajstić information content (AvgIpc) is 2.47. The number of aromatic carboxylic acids is 1. The molecule has 0 amide bonds. The highest BCUT2D eigenvalue weighted by Crippen LogP contribution is 2.38. The van der Waals surface area contributed by atoms with Gasteiger partial charge in [-0.2, -0.15) is 13.2 Å². The van der Waals surface area contributed by atoms with Crippen LogP contribution in [0.15, 0.2) is 36.4 Å². The Morgan fingerprint density at radius 3 is 2.38 bits per heavy atom. The predicted octanol–water partition coefficient (Wildman–Crippen LogP) is 4.76. The van der Waals surface area contributed by atoms with Gasteiger partial charge in [0, 0.05) is 6.07 Å². The van der Waals surface area contributed by atoms with Crippen LogP contribution in [-0.4, -0.2) is 16.0 Å². The molecule has 0 heterocycles. The highest BCUT2D eigenvalue weighted by molar-refractivity contribution is 6.32. The molecule has 2 aromatic carbocycles. The third-order valence-corrected chi connectivity index (χ3v) is 3.19. The molecule has 0 saturated heterocycles. The van der Waals surface area contributed by atoms with Gasteiger partial charge in [-0.25, -0.2) is 4.79 Å². The first kappa shape index (κ1) is 17.5. The Hall–Kier alpha value is -2.81. The molecule has 0 saturated carbocycles. The summed E-state index contributed by atoms with van der Waals surface area (Å²) < 4.78 is 42.9. The third kappa shape index (κ3) is 3.57. The molecule has 0 spiro atoms. The second-order valence-electron chi connectivity index (χ2n) is 4.46. The number of nitro groups is 1. The molecule has 10 heteroatoms. The summed E-state index contributed by atoms with van der Waals surface area (Å²) >= 11 is 5.71. The number of alkyl halides is 3. The van der Waals surface area contributed by atoms with Gasteiger partial charge in [0.25, 0.3) is 5.69 Å². The van der Waals surface area contributed by atoms with E-state index in [0.717, 1.165) is 18.2 Å². The highest BCUT2D eigenvalue weighted by atomic mass is 35.5. The number of rotatable bonds is 4. The topological polar surface area (TPSA) is 89.7 Å². The van der Waals surface area contributed by atoms with Crippen LogP contribution in [0, 0.1) is 10.1 Å². The van der Waals surface area contributed by atoms with Gasteiger partial charge in [-0.05, 0) is 24.3 Å². The lowest BCUT2D eigenvalue weighted by Crippen LogP contribution is -2.06. The molecular formula is C14H7ClF3NO5. The summed E-state index contributed by atoms with van der Waals surface area (Å²) in [5.74, 6) is -2.31. The second kappa shape index (κ2) is 6.36. The largest absolute Gasteiger partial charge is 0.477 e. The number of hydrogen-bond donors (Lipinski definition) is 1. The number of hydrogen-bond acceptors (Lipinski definition) is 4. The van der Waals surface area contributed by atoms with E-state index in [1.54, 1.807) is 0 Å². The van der Waals surface area contributed by atoms with Crippen LogP contribution in [0.3, 0.4) is 0 Å². The number of halogens is 4. The van der Waals surface area contributed by atoms with Crippen molar-refractivity contribution in [2.24, 2.45) is 0 Å². The molecular weight excluding hydrogens is 355 g/mol. The molecule has 6 nitrogen and oxygen atoms in total. The molecule has 0 unspecified atom stereocenters. The van der Waals surface area contributed by atoms with E-state index >= 15 is 0 Å². The fourth-order valence-corrected chi connectivity index (χ4v) is 2.07. The molecule has 2 aromatic rings. The van der Waals surface area contributed by atoms with Crippen molar-refractivity contribution in [2.45, 2.75) is 6.18 Å². The summed E-state index contributed by atoms with van der Waals surface area (Å²) in [6.07, 6.45) is -4.61. The van der Waals surface area contributed by atoms with E-state index in [-0.39, 0.29) is 5.75 Å². The lowest BCUT2D eigenvalue weighted by Gasteiger charge is -2.12. The van der Waals surface area contributed by atoms with E-state index in [0.29, 0.717) is 12.1 Å². The van der Waals surface area contributed by atoms with Crippen LogP contribution < -0.4 is 4.74 Å². The van der Waals surface area contributed by atoms with Gasteiger partial charge in [-0.3, -0.25) is 10.1 Å². The minimum atomic E-state index is -4.61. The van der Waals surface area contributed by atoms with Crippen molar-refractivity contribution < 1.29 is 32.7 Å². The van der Waals surface area contributed by atoms with Crippen LogP contribution in [0.2, 0.25) is 5.02 Å². The number of benzene rings is 2. The zero-order chi connectivity index (χ0) is 18.1. The summed E-state index contributed by atoms with van der Waals surface area (Å²) in [5.41, 5.74) is -2.47. The Morgan fingerprint density at radius 1 is 1.21 bits per heavy atom. The monoisotopic (exact) mass is 361 g/mol. The first-order chi connectivity index (χ1) is 11.1. The molecule has 0 atom stereocenters. The summed E-state index contributed by atoms with van der Waals surface area (Å²) in [6.45, 7) is 0. The number of carbonyl (C=O) groups is 1. The molecule has 2 rings (SSSR count). The Kier molecular flexibility index (Phi) is 4.65. The number of nitro benzene ring substituents is 1. The van der Waals surface area contributed by atoms with Crippen molar-refractivity contribution in [2.75, 3.05) is 0 Å². The normalized spacial score (nSPS) is 11.2. The molecule has 0 fully saturated rings. The minimum Gasteiger partial charge on any atom is -0.477 e. The maximum Gasteiger partial charge on any atom is 0.416 e. The van der Waals surface area contributed by atoms with Crippen LogP contribution in [0.5, 0.6) is 11.5 Å². The van der Waals surface area contributed by atoms with Crippen molar-refractivity contribution in [3.05, 3.63) is 62.7 Å².